The van der Waals surface area contributed by atoms with Gasteiger partial charge < -0.3 is 10.1 Å². The molecular weight excluding hydrogens is 226 g/mol. The third-order valence-corrected chi connectivity index (χ3v) is 2.55. The van der Waals surface area contributed by atoms with E-state index in [4.69, 9.17) is 4.74 Å². The van der Waals surface area contributed by atoms with Gasteiger partial charge in [0.05, 0.1) is 12.3 Å². The first-order valence-electron chi connectivity index (χ1n) is 6.09. The first kappa shape index (κ1) is 12.4. The van der Waals surface area contributed by atoms with Crippen LogP contribution in [-0.4, -0.2) is 23.9 Å². The number of ether oxygens (including phenoxy) is 1. The van der Waals surface area contributed by atoms with Gasteiger partial charge in [0.2, 0.25) is 0 Å². The number of para-hydroxylation sites is 1. The third-order valence-electron chi connectivity index (χ3n) is 2.55. The summed E-state index contributed by atoms with van der Waals surface area (Å²) in [5, 5.41) is 11.2. The van der Waals surface area contributed by atoms with Crippen LogP contribution in [0.3, 0.4) is 0 Å². The number of nitrogens with zero attached hydrogens (tertiary/aromatic N) is 2. The minimum absolute atomic E-state index is 0.707. The second kappa shape index (κ2) is 6.00. The van der Waals surface area contributed by atoms with Gasteiger partial charge in [0.15, 0.2) is 0 Å². The van der Waals surface area contributed by atoms with Crippen molar-refractivity contribution >= 4 is 5.82 Å². The lowest BCUT2D eigenvalue weighted by molar-refractivity contribution is 0.318. The fraction of sp³-hybridized carbons (Fsp3) is 0.286. The van der Waals surface area contributed by atoms with Crippen LogP contribution >= 0.6 is 0 Å². The molecule has 1 N–H and O–H groups in total. The minimum Gasteiger partial charge on any atom is -0.493 e. The largest absolute Gasteiger partial charge is 0.493 e. The molecule has 0 unspecified atom stereocenters. The van der Waals surface area contributed by atoms with Crippen molar-refractivity contribution in [3.8, 4) is 17.0 Å². The van der Waals surface area contributed by atoms with Gasteiger partial charge in [-0.25, -0.2) is 0 Å². The van der Waals surface area contributed by atoms with E-state index in [9.17, 15) is 0 Å². The number of rotatable bonds is 5. The molecule has 0 atom stereocenters. The standard InChI is InChI=1S/C14H17N3O/c1-3-10-18-13-7-5-4-6-11(13)12-8-9-14(15-2)17-16-12/h4-9H,3,10H2,1-2H3,(H,15,17). The smallest absolute Gasteiger partial charge is 0.148 e. The fourth-order valence-corrected chi connectivity index (χ4v) is 1.63. The highest BCUT2D eigenvalue weighted by Crippen LogP contribution is 2.28. The Morgan fingerprint density at radius 3 is 2.61 bits per heavy atom. The lowest BCUT2D eigenvalue weighted by atomic mass is 10.1. The Morgan fingerprint density at radius 2 is 1.94 bits per heavy atom. The average molecular weight is 243 g/mol. The van der Waals surface area contributed by atoms with E-state index in [1.807, 2.05) is 43.4 Å². The lowest BCUT2D eigenvalue weighted by Gasteiger charge is -2.10. The van der Waals surface area contributed by atoms with E-state index in [0.717, 1.165) is 29.2 Å². The maximum Gasteiger partial charge on any atom is 0.148 e. The Kier molecular flexibility index (Phi) is 4.12. The van der Waals surface area contributed by atoms with E-state index in [-0.39, 0.29) is 0 Å². The molecule has 0 radical (unpaired) electrons. The van der Waals surface area contributed by atoms with E-state index in [2.05, 4.69) is 22.4 Å². The summed E-state index contributed by atoms with van der Waals surface area (Å²) in [6.07, 6.45) is 0.985. The van der Waals surface area contributed by atoms with Crippen molar-refractivity contribution in [2.45, 2.75) is 13.3 Å². The second-order valence-electron chi connectivity index (χ2n) is 3.90. The van der Waals surface area contributed by atoms with Crippen LogP contribution in [0.4, 0.5) is 5.82 Å². The topological polar surface area (TPSA) is 47.0 Å². The highest BCUT2D eigenvalue weighted by Gasteiger charge is 2.07. The monoisotopic (exact) mass is 243 g/mol. The summed E-state index contributed by atoms with van der Waals surface area (Å²) in [6.45, 7) is 2.79. The van der Waals surface area contributed by atoms with Gasteiger partial charge in [-0.15, -0.1) is 10.2 Å². The Balaban J connectivity index is 2.30. The van der Waals surface area contributed by atoms with Crippen molar-refractivity contribution in [2.24, 2.45) is 0 Å². The van der Waals surface area contributed by atoms with Crippen LogP contribution < -0.4 is 10.1 Å². The molecule has 2 aromatic rings. The summed E-state index contributed by atoms with van der Waals surface area (Å²) in [4.78, 5) is 0. The van der Waals surface area contributed by atoms with Crippen LogP contribution in [0.15, 0.2) is 36.4 Å². The number of hydrogen-bond donors (Lipinski definition) is 1. The minimum atomic E-state index is 0.707. The molecular formula is C14H17N3O. The first-order valence-corrected chi connectivity index (χ1v) is 6.09. The number of nitrogens with one attached hydrogen (secondary N) is 1. The molecule has 0 aliphatic carbocycles. The van der Waals surface area contributed by atoms with Gasteiger partial charge in [0.1, 0.15) is 11.6 Å². The first-order chi connectivity index (χ1) is 8.85. The summed E-state index contributed by atoms with van der Waals surface area (Å²) in [6, 6.07) is 11.7. The predicted octanol–water partition coefficient (Wildman–Crippen LogP) is 2.97. The van der Waals surface area contributed by atoms with Crippen LogP contribution in [0, 0.1) is 0 Å². The molecule has 0 amide bonds. The van der Waals surface area contributed by atoms with Crippen LogP contribution in [-0.2, 0) is 0 Å². The van der Waals surface area contributed by atoms with E-state index in [1.54, 1.807) is 0 Å². The van der Waals surface area contributed by atoms with E-state index in [0.29, 0.717) is 6.61 Å². The SMILES string of the molecule is CCCOc1ccccc1-c1ccc(NC)nn1. The maximum absolute atomic E-state index is 5.71. The average Bonchev–Trinajstić information content (AvgIpc) is 2.45. The fourth-order valence-electron chi connectivity index (χ4n) is 1.63. The van der Waals surface area contributed by atoms with Gasteiger partial charge in [0.25, 0.3) is 0 Å². The highest BCUT2D eigenvalue weighted by molar-refractivity contribution is 5.67. The molecule has 0 aliphatic rings. The number of benzene rings is 1. The molecule has 0 aliphatic heterocycles. The number of anilines is 1. The van der Waals surface area contributed by atoms with Gasteiger partial charge in [-0.1, -0.05) is 19.1 Å². The molecule has 1 heterocycles. The van der Waals surface area contributed by atoms with Crippen molar-refractivity contribution in [3.63, 3.8) is 0 Å². The Bertz CT molecular complexity index is 497. The van der Waals surface area contributed by atoms with Gasteiger partial charge >= 0.3 is 0 Å². The number of hydrogen-bond acceptors (Lipinski definition) is 4. The van der Waals surface area contributed by atoms with Crippen molar-refractivity contribution in [1.29, 1.82) is 0 Å². The lowest BCUT2D eigenvalue weighted by Crippen LogP contribution is -1.99. The van der Waals surface area contributed by atoms with Crippen molar-refractivity contribution in [2.75, 3.05) is 19.0 Å². The van der Waals surface area contributed by atoms with Crippen LogP contribution in [0.2, 0.25) is 0 Å². The summed E-state index contributed by atoms with van der Waals surface area (Å²) in [5.41, 5.74) is 1.79. The molecule has 1 aromatic carbocycles. The van der Waals surface area contributed by atoms with Crippen molar-refractivity contribution in [3.05, 3.63) is 36.4 Å². The molecule has 2 rings (SSSR count). The third kappa shape index (κ3) is 2.77. The van der Waals surface area contributed by atoms with E-state index >= 15 is 0 Å². The van der Waals surface area contributed by atoms with Gasteiger partial charge in [0, 0.05) is 12.6 Å². The van der Waals surface area contributed by atoms with Crippen LogP contribution in [0.25, 0.3) is 11.3 Å². The molecule has 0 fully saturated rings. The molecule has 18 heavy (non-hydrogen) atoms. The molecule has 0 bridgehead atoms. The summed E-state index contributed by atoms with van der Waals surface area (Å²) in [7, 11) is 1.82. The zero-order valence-corrected chi connectivity index (χ0v) is 10.7. The van der Waals surface area contributed by atoms with Gasteiger partial charge in [-0.05, 0) is 30.7 Å². The summed E-state index contributed by atoms with van der Waals surface area (Å²) >= 11 is 0. The van der Waals surface area contributed by atoms with E-state index < -0.39 is 0 Å². The highest BCUT2D eigenvalue weighted by atomic mass is 16.5. The molecule has 94 valence electrons. The van der Waals surface area contributed by atoms with E-state index in [1.165, 1.54) is 0 Å². The van der Waals surface area contributed by atoms with Crippen LogP contribution in [0.5, 0.6) is 5.75 Å². The zero-order valence-electron chi connectivity index (χ0n) is 10.7. The normalized spacial score (nSPS) is 10.1. The van der Waals surface area contributed by atoms with Crippen molar-refractivity contribution in [1.82, 2.24) is 10.2 Å². The zero-order chi connectivity index (χ0) is 12.8. The number of aromatic nitrogens is 2. The molecule has 0 saturated carbocycles. The van der Waals surface area contributed by atoms with Gasteiger partial charge in [-0.2, -0.15) is 0 Å². The molecule has 0 spiro atoms. The summed E-state index contributed by atoms with van der Waals surface area (Å²) in [5.74, 6) is 1.61. The van der Waals surface area contributed by atoms with Crippen LogP contribution in [0.1, 0.15) is 13.3 Å². The maximum atomic E-state index is 5.71. The Labute approximate surface area is 107 Å². The van der Waals surface area contributed by atoms with Gasteiger partial charge in [-0.3, -0.25) is 0 Å². The molecule has 0 saturated heterocycles. The summed E-state index contributed by atoms with van der Waals surface area (Å²) < 4.78 is 5.71. The quantitative estimate of drug-likeness (QED) is 0.877. The van der Waals surface area contributed by atoms with Crippen molar-refractivity contribution < 1.29 is 4.74 Å². The second-order valence-corrected chi connectivity index (χ2v) is 3.90. The molecule has 4 heteroatoms. The Morgan fingerprint density at radius 1 is 1.11 bits per heavy atom. The predicted molar refractivity (Wildman–Crippen MR) is 72.8 cm³/mol. The Hall–Kier alpha value is -2.10. The molecule has 4 nitrogen and oxygen atoms in total. The molecule has 1 aromatic heterocycles.